The SMILES string of the molecule is CCOC(=O)/C(C1=NC(=NC(=O)c2ccc(OC)c(OC)c2)c2ccccc21)=C(/C)O. The van der Waals surface area contributed by atoms with Gasteiger partial charge in [-0.05, 0) is 32.0 Å². The number of amides is 1. The van der Waals surface area contributed by atoms with E-state index in [4.69, 9.17) is 14.2 Å². The first-order valence-corrected chi connectivity index (χ1v) is 9.52. The lowest BCUT2D eigenvalue weighted by atomic mass is 9.99. The summed E-state index contributed by atoms with van der Waals surface area (Å²) in [6, 6.07) is 11.7. The lowest BCUT2D eigenvalue weighted by Gasteiger charge is -2.08. The Balaban J connectivity index is 2.07. The molecule has 0 aromatic heterocycles. The molecule has 1 aliphatic rings. The fourth-order valence-electron chi connectivity index (χ4n) is 3.14. The molecule has 1 N–H and O–H groups in total. The van der Waals surface area contributed by atoms with Crippen molar-refractivity contribution in [2.45, 2.75) is 13.8 Å². The molecule has 0 atom stereocenters. The average Bonchev–Trinajstić information content (AvgIpc) is 3.11. The fraction of sp³-hybridized carbons (Fsp3) is 0.217. The molecule has 0 saturated heterocycles. The second-order valence-corrected chi connectivity index (χ2v) is 6.50. The van der Waals surface area contributed by atoms with Gasteiger partial charge in [-0.25, -0.2) is 9.79 Å². The first-order chi connectivity index (χ1) is 14.9. The van der Waals surface area contributed by atoms with Crippen LogP contribution in [-0.2, 0) is 9.53 Å². The van der Waals surface area contributed by atoms with E-state index < -0.39 is 11.9 Å². The van der Waals surface area contributed by atoms with Gasteiger partial charge >= 0.3 is 5.97 Å². The molecule has 3 rings (SSSR count). The van der Waals surface area contributed by atoms with Crippen molar-refractivity contribution in [3.8, 4) is 11.5 Å². The van der Waals surface area contributed by atoms with Gasteiger partial charge in [0, 0.05) is 16.7 Å². The van der Waals surface area contributed by atoms with Gasteiger partial charge in [-0.2, -0.15) is 4.99 Å². The van der Waals surface area contributed by atoms with E-state index >= 15 is 0 Å². The number of allylic oxidation sites excluding steroid dienone is 1. The van der Waals surface area contributed by atoms with Crippen molar-refractivity contribution in [1.29, 1.82) is 0 Å². The molecule has 2 aromatic rings. The van der Waals surface area contributed by atoms with Crippen molar-refractivity contribution >= 4 is 23.4 Å². The summed E-state index contributed by atoms with van der Waals surface area (Å²) in [6.07, 6.45) is 0. The molecule has 0 radical (unpaired) electrons. The molecule has 160 valence electrons. The van der Waals surface area contributed by atoms with Crippen LogP contribution in [0.3, 0.4) is 0 Å². The standard InChI is InChI=1S/C23H22N2O6/c1-5-31-23(28)19(13(2)26)20-15-8-6-7-9-16(15)21(24-20)25-22(27)14-10-11-17(29-3)18(12-14)30-4/h6-12,26H,5H2,1-4H3/b19-13-,25-21?. The number of aliphatic hydroxyl groups excluding tert-OH is 1. The Morgan fingerprint density at radius 3 is 2.32 bits per heavy atom. The molecule has 0 bridgehead atoms. The zero-order valence-electron chi connectivity index (χ0n) is 17.6. The van der Waals surface area contributed by atoms with Crippen molar-refractivity contribution in [3.63, 3.8) is 0 Å². The number of fused-ring (bicyclic) bond motifs is 1. The van der Waals surface area contributed by atoms with E-state index in [1.807, 2.05) is 0 Å². The number of hydrogen-bond acceptors (Lipinski definition) is 6. The maximum absolute atomic E-state index is 12.8. The van der Waals surface area contributed by atoms with Crippen LogP contribution in [0.5, 0.6) is 11.5 Å². The Kier molecular flexibility index (Phi) is 6.49. The second kappa shape index (κ2) is 9.25. The summed E-state index contributed by atoms with van der Waals surface area (Å²) < 4.78 is 15.5. The van der Waals surface area contributed by atoms with Crippen molar-refractivity contribution in [3.05, 3.63) is 70.5 Å². The van der Waals surface area contributed by atoms with E-state index in [-0.39, 0.29) is 35.0 Å². The molecule has 8 heteroatoms. The van der Waals surface area contributed by atoms with Gasteiger partial charge in [0.05, 0.1) is 26.5 Å². The Morgan fingerprint density at radius 2 is 1.71 bits per heavy atom. The van der Waals surface area contributed by atoms with Crippen LogP contribution in [0.1, 0.15) is 35.3 Å². The predicted molar refractivity (Wildman–Crippen MR) is 115 cm³/mol. The minimum Gasteiger partial charge on any atom is -0.512 e. The van der Waals surface area contributed by atoms with Gasteiger partial charge in [-0.1, -0.05) is 24.3 Å². The number of hydrogen-bond donors (Lipinski definition) is 1. The highest BCUT2D eigenvalue weighted by atomic mass is 16.5. The van der Waals surface area contributed by atoms with Crippen LogP contribution >= 0.6 is 0 Å². The van der Waals surface area contributed by atoms with Crippen molar-refractivity contribution in [2.75, 3.05) is 20.8 Å². The minimum absolute atomic E-state index is 0.0712. The summed E-state index contributed by atoms with van der Waals surface area (Å²) in [7, 11) is 2.98. The van der Waals surface area contributed by atoms with Gasteiger partial charge in [-0.15, -0.1) is 0 Å². The Hall–Kier alpha value is -3.94. The molecular formula is C23H22N2O6. The number of carbonyl (C=O) groups is 2. The molecule has 1 aliphatic heterocycles. The van der Waals surface area contributed by atoms with Crippen molar-refractivity contribution in [2.24, 2.45) is 9.98 Å². The zero-order chi connectivity index (χ0) is 22.5. The number of carbonyl (C=O) groups excluding carboxylic acids is 2. The highest BCUT2D eigenvalue weighted by Gasteiger charge is 2.30. The van der Waals surface area contributed by atoms with Gasteiger partial charge in [0.25, 0.3) is 5.91 Å². The van der Waals surface area contributed by atoms with Crippen molar-refractivity contribution in [1.82, 2.24) is 0 Å². The van der Waals surface area contributed by atoms with E-state index in [0.717, 1.165) is 0 Å². The molecule has 0 saturated carbocycles. The van der Waals surface area contributed by atoms with Crippen molar-refractivity contribution < 1.29 is 28.9 Å². The third kappa shape index (κ3) is 4.32. The monoisotopic (exact) mass is 422 g/mol. The zero-order valence-corrected chi connectivity index (χ0v) is 17.6. The third-order valence-electron chi connectivity index (χ3n) is 4.56. The summed E-state index contributed by atoms with van der Waals surface area (Å²) in [5.41, 5.74) is 1.55. The predicted octanol–water partition coefficient (Wildman–Crippen LogP) is 3.49. The van der Waals surface area contributed by atoms with Crippen LogP contribution in [0.15, 0.2) is 63.8 Å². The molecular weight excluding hydrogens is 400 g/mol. The molecule has 0 fully saturated rings. The Bertz CT molecular complexity index is 1130. The van der Waals surface area contributed by atoms with E-state index in [1.54, 1.807) is 43.3 Å². The highest BCUT2D eigenvalue weighted by molar-refractivity contribution is 6.36. The quantitative estimate of drug-likeness (QED) is 0.434. The van der Waals surface area contributed by atoms with Crippen LogP contribution in [-0.4, -0.2) is 49.4 Å². The minimum atomic E-state index is -0.705. The third-order valence-corrected chi connectivity index (χ3v) is 4.56. The number of ether oxygens (including phenoxy) is 3. The summed E-state index contributed by atoms with van der Waals surface area (Å²) in [4.78, 5) is 33.8. The maximum Gasteiger partial charge on any atom is 0.343 e. The molecule has 1 heterocycles. The normalized spacial score (nSPS) is 14.5. The maximum atomic E-state index is 12.8. The second-order valence-electron chi connectivity index (χ2n) is 6.50. The summed E-state index contributed by atoms with van der Waals surface area (Å²) in [6.45, 7) is 3.19. The fourth-order valence-corrected chi connectivity index (χ4v) is 3.14. The van der Waals surface area contributed by atoms with Crippen LogP contribution in [0.25, 0.3) is 0 Å². The summed E-state index contributed by atoms with van der Waals surface area (Å²) in [5, 5.41) is 10.1. The van der Waals surface area contributed by atoms with Gasteiger partial charge in [0.15, 0.2) is 17.3 Å². The van der Waals surface area contributed by atoms with Crippen LogP contribution in [0.2, 0.25) is 0 Å². The van der Waals surface area contributed by atoms with Crippen LogP contribution < -0.4 is 9.47 Å². The number of esters is 1. The number of aliphatic imine (C=N–C) groups is 2. The summed E-state index contributed by atoms with van der Waals surface area (Å²) in [5.74, 6) is -0.469. The highest BCUT2D eigenvalue weighted by Crippen LogP contribution is 2.29. The number of aliphatic hydroxyl groups is 1. The molecule has 31 heavy (non-hydrogen) atoms. The number of benzene rings is 2. The first-order valence-electron chi connectivity index (χ1n) is 9.52. The molecule has 0 aliphatic carbocycles. The molecule has 1 amide bonds. The molecule has 0 spiro atoms. The van der Waals surface area contributed by atoms with Crippen LogP contribution in [0.4, 0.5) is 0 Å². The van der Waals surface area contributed by atoms with E-state index in [9.17, 15) is 14.7 Å². The van der Waals surface area contributed by atoms with E-state index in [2.05, 4.69) is 9.98 Å². The summed E-state index contributed by atoms with van der Waals surface area (Å²) >= 11 is 0. The van der Waals surface area contributed by atoms with E-state index in [0.29, 0.717) is 22.6 Å². The topological polar surface area (TPSA) is 107 Å². The van der Waals surface area contributed by atoms with Gasteiger partial charge in [-0.3, -0.25) is 4.79 Å². The Morgan fingerprint density at radius 1 is 1.03 bits per heavy atom. The number of methoxy groups -OCH3 is 2. The molecule has 0 unspecified atom stereocenters. The molecule has 8 nitrogen and oxygen atoms in total. The number of nitrogens with zero attached hydrogens (tertiary/aromatic N) is 2. The number of rotatable bonds is 6. The largest absolute Gasteiger partial charge is 0.512 e. The van der Waals surface area contributed by atoms with Gasteiger partial charge in [0.2, 0.25) is 0 Å². The number of amidine groups is 1. The van der Waals surface area contributed by atoms with Gasteiger partial charge in [0.1, 0.15) is 11.3 Å². The lowest BCUT2D eigenvalue weighted by Crippen LogP contribution is -2.18. The average molecular weight is 422 g/mol. The Labute approximate surface area is 179 Å². The molecule has 2 aromatic carbocycles. The lowest BCUT2D eigenvalue weighted by molar-refractivity contribution is -0.138. The smallest absolute Gasteiger partial charge is 0.343 e. The van der Waals surface area contributed by atoms with Crippen LogP contribution in [0, 0.1) is 0 Å². The first kappa shape index (κ1) is 21.8. The van der Waals surface area contributed by atoms with Gasteiger partial charge < -0.3 is 19.3 Å². The van der Waals surface area contributed by atoms with E-state index in [1.165, 1.54) is 27.2 Å².